The fourth-order valence-corrected chi connectivity index (χ4v) is 4.13. The van der Waals surface area contributed by atoms with Gasteiger partial charge in [-0.25, -0.2) is 9.07 Å². The van der Waals surface area contributed by atoms with E-state index < -0.39 is 11.7 Å². The van der Waals surface area contributed by atoms with Gasteiger partial charge in [-0.1, -0.05) is 24.6 Å². The second kappa shape index (κ2) is 8.33. The van der Waals surface area contributed by atoms with Gasteiger partial charge in [-0.15, -0.1) is 5.10 Å². The molecule has 0 saturated heterocycles. The Kier molecular flexibility index (Phi) is 5.22. The van der Waals surface area contributed by atoms with Gasteiger partial charge in [0, 0.05) is 11.3 Å². The Morgan fingerprint density at radius 2 is 1.81 bits per heavy atom. The summed E-state index contributed by atoms with van der Waals surface area (Å²) in [6.45, 7) is 1.74. The zero-order valence-corrected chi connectivity index (χ0v) is 17.6. The molecule has 0 bridgehead atoms. The van der Waals surface area contributed by atoms with Crippen LogP contribution in [0.4, 0.5) is 10.1 Å². The lowest BCUT2D eigenvalue weighted by molar-refractivity contribution is 0.102. The van der Waals surface area contributed by atoms with Gasteiger partial charge in [-0.3, -0.25) is 4.79 Å². The standard InChI is InChI=1S/C23H22FN7O/c1-15-26-28-29-30(15)17-12-13-19(24)20(14-17)25-23(32)22-18-10-6-3-7-11-21(18)31(27-22)16-8-4-2-5-9-16/h2,4-5,8-9,12-14H,3,6-7,10-11H2,1H3,(H,25,32). The SMILES string of the molecule is Cc1nnnn1-c1ccc(F)c(NC(=O)c2nn(-c3ccccc3)c3c2CCCCC3)c1. The van der Waals surface area contributed by atoms with Crippen LogP contribution < -0.4 is 5.32 Å². The first-order valence-electron chi connectivity index (χ1n) is 10.6. The van der Waals surface area contributed by atoms with Crippen LogP contribution in [0, 0.1) is 12.7 Å². The van der Waals surface area contributed by atoms with Crippen molar-refractivity contribution in [3.63, 3.8) is 0 Å². The number of amides is 1. The van der Waals surface area contributed by atoms with Crippen molar-refractivity contribution < 1.29 is 9.18 Å². The molecule has 1 N–H and O–H groups in total. The number of anilines is 1. The van der Waals surface area contributed by atoms with E-state index in [9.17, 15) is 9.18 Å². The summed E-state index contributed by atoms with van der Waals surface area (Å²) in [6, 6.07) is 14.1. The van der Waals surface area contributed by atoms with Crippen molar-refractivity contribution in [1.29, 1.82) is 0 Å². The molecule has 2 aromatic heterocycles. The number of hydrogen-bond acceptors (Lipinski definition) is 5. The highest BCUT2D eigenvalue weighted by Gasteiger charge is 2.25. The predicted octanol–water partition coefficient (Wildman–Crippen LogP) is 3.82. The van der Waals surface area contributed by atoms with E-state index in [2.05, 4.69) is 25.9 Å². The number of para-hydroxylation sites is 1. The normalized spacial score (nSPS) is 13.4. The van der Waals surface area contributed by atoms with Crippen molar-refractivity contribution in [2.24, 2.45) is 0 Å². The van der Waals surface area contributed by atoms with Crippen LogP contribution in [-0.4, -0.2) is 35.9 Å². The zero-order valence-electron chi connectivity index (χ0n) is 17.6. The summed E-state index contributed by atoms with van der Waals surface area (Å²) in [6.07, 6.45) is 4.78. The summed E-state index contributed by atoms with van der Waals surface area (Å²) in [5, 5.41) is 18.7. The summed E-state index contributed by atoms with van der Waals surface area (Å²) < 4.78 is 17.9. The third-order valence-electron chi connectivity index (χ3n) is 5.71. The Balaban J connectivity index is 1.52. The molecular formula is C23H22FN7O. The van der Waals surface area contributed by atoms with Gasteiger partial charge in [0.2, 0.25) is 0 Å². The van der Waals surface area contributed by atoms with Crippen molar-refractivity contribution in [1.82, 2.24) is 30.0 Å². The van der Waals surface area contributed by atoms with Crippen molar-refractivity contribution in [3.05, 3.63) is 77.1 Å². The number of aryl methyl sites for hydroxylation is 1. The molecule has 2 aromatic carbocycles. The maximum absolute atomic E-state index is 14.6. The maximum atomic E-state index is 14.6. The number of aromatic nitrogens is 6. The van der Waals surface area contributed by atoms with Gasteiger partial charge in [0.05, 0.1) is 17.1 Å². The highest BCUT2D eigenvalue weighted by Crippen LogP contribution is 2.27. The van der Waals surface area contributed by atoms with Crippen molar-refractivity contribution in [2.75, 3.05) is 5.32 Å². The third-order valence-corrected chi connectivity index (χ3v) is 5.71. The number of benzene rings is 2. The highest BCUT2D eigenvalue weighted by atomic mass is 19.1. The van der Waals surface area contributed by atoms with Gasteiger partial charge in [0.15, 0.2) is 11.5 Å². The second-order valence-corrected chi connectivity index (χ2v) is 7.84. The van der Waals surface area contributed by atoms with Gasteiger partial charge in [0.25, 0.3) is 5.91 Å². The minimum Gasteiger partial charge on any atom is -0.318 e. The summed E-state index contributed by atoms with van der Waals surface area (Å²) in [7, 11) is 0. The fraction of sp³-hybridized carbons (Fsp3) is 0.261. The number of fused-ring (bicyclic) bond motifs is 1. The van der Waals surface area contributed by atoms with E-state index in [1.54, 1.807) is 13.0 Å². The van der Waals surface area contributed by atoms with E-state index in [4.69, 9.17) is 0 Å². The number of rotatable bonds is 4. The van der Waals surface area contributed by atoms with Gasteiger partial charge in [-0.2, -0.15) is 9.78 Å². The number of halogens is 1. The van der Waals surface area contributed by atoms with E-state index in [1.165, 1.54) is 16.8 Å². The summed E-state index contributed by atoms with van der Waals surface area (Å²) in [5.41, 5.74) is 3.85. The molecule has 32 heavy (non-hydrogen) atoms. The van der Waals surface area contributed by atoms with Gasteiger partial charge >= 0.3 is 0 Å². The smallest absolute Gasteiger partial charge is 0.276 e. The van der Waals surface area contributed by atoms with Gasteiger partial charge in [0.1, 0.15) is 5.82 Å². The minimum atomic E-state index is -0.540. The Bertz CT molecular complexity index is 1280. The van der Waals surface area contributed by atoms with E-state index >= 15 is 0 Å². The Morgan fingerprint density at radius 3 is 2.59 bits per heavy atom. The summed E-state index contributed by atoms with van der Waals surface area (Å²) >= 11 is 0. The minimum absolute atomic E-state index is 0.0547. The first kappa shape index (κ1) is 20.0. The monoisotopic (exact) mass is 431 g/mol. The summed E-state index contributed by atoms with van der Waals surface area (Å²) in [5.74, 6) is -0.412. The number of tetrazole rings is 1. The molecule has 0 aliphatic heterocycles. The number of carbonyl (C=O) groups is 1. The molecule has 0 saturated carbocycles. The van der Waals surface area contributed by atoms with E-state index in [-0.39, 0.29) is 5.69 Å². The van der Waals surface area contributed by atoms with Gasteiger partial charge in [-0.05, 0) is 73.4 Å². The topological polar surface area (TPSA) is 90.5 Å². The number of nitrogens with one attached hydrogen (secondary N) is 1. The lowest BCUT2D eigenvalue weighted by Crippen LogP contribution is -2.16. The van der Waals surface area contributed by atoms with Crippen molar-refractivity contribution in [2.45, 2.75) is 39.0 Å². The van der Waals surface area contributed by atoms with Gasteiger partial charge < -0.3 is 5.32 Å². The molecule has 0 atom stereocenters. The largest absolute Gasteiger partial charge is 0.318 e. The molecule has 1 aliphatic rings. The number of carbonyl (C=O) groups excluding carboxylic acids is 1. The number of hydrogen-bond donors (Lipinski definition) is 1. The number of nitrogens with zero attached hydrogens (tertiary/aromatic N) is 6. The zero-order chi connectivity index (χ0) is 22.1. The van der Waals surface area contributed by atoms with E-state index in [0.717, 1.165) is 49.0 Å². The lowest BCUT2D eigenvalue weighted by Gasteiger charge is -2.09. The first-order valence-corrected chi connectivity index (χ1v) is 10.6. The molecule has 2 heterocycles. The molecule has 8 nitrogen and oxygen atoms in total. The average Bonchev–Trinajstić information content (AvgIpc) is 3.31. The highest BCUT2D eigenvalue weighted by molar-refractivity contribution is 6.04. The van der Waals surface area contributed by atoms with Crippen molar-refractivity contribution in [3.8, 4) is 11.4 Å². The Labute approximate surface area is 184 Å². The van der Waals surface area contributed by atoms with Crippen LogP contribution >= 0.6 is 0 Å². The molecular weight excluding hydrogens is 409 g/mol. The first-order chi connectivity index (χ1) is 15.6. The third kappa shape index (κ3) is 3.66. The molecule has 9 heteroatoms. The Morgan fingerprint density at radius 1 is 1.00 bits per heavy atom. The van der Waals surface area contributed by atoms with Crippen LogP contribution in [0.15, 0.2) is 48.5 Å². The summed E-state index contributed by atoms with van der Waals surface area (Å²) in [4.78, 5) is 13.3. The average molecular weight is 431 g/mol. The van der Waals surface area contributed by atoms with Crippen LogP contribution in [0.1, 0.15) is 46.8 Å². The Hall–Kier alpha value is -3.88. The molecule has 5 rings (SSSR count). The van der Waals surface area contributed by atoms with Crippen LogP contribution in [-0.2, 0) is 12.8 Å². The predicted molar refractivity (Wildman–Crippen MR) is 117 cm³/mol. The fourth-order valence-electron chi connectivity index (χ4n) is 4.13. The quantitative estimate of drug-likeness (QED) is 0.496. The molecule has 1 aliphatic carbocycles. The molecule has 162 valence electrons. The van der Waals surface area contributed by atoms with Crippen LogP contribution in [0.2, 0.25) is 0 Å². The molecule has 0 spiro atoms. The molecule has 0 unspecified atom stereocenters. The molecule has 4 aromatic rings. The van der Waals surface area contributed by atoms with Crippen LogP contribution in [0.25, 0.3) is 11.4 Å². The molecule has 0 radical (unpaired) electrons. The van der Waals surface area contributed by atoms with Crippen LogP contribution in [0.3, 0.4) is 0 Å². The van der Waals surface area contributed by atoms with E-state index in [0.29, 0.717) is 17.2 Å². The lowest BCUT2D eigenvalue weighted by atomic mass is 10.1. The maximum Gasteiger partial charge on any atom is 0.276 e. The second-order valence-electron chi connectivity index (χ2n) is 7.84. The van der Waals surface area contributed by atoms with E-state index in [1.807, 2.05) is 35.0 Å². The molecule has 1 amide bonds. The van der Waals surface area contributed by atoms with Crippen LogP contribution in [0.5, 0.6) is 0 Å². The molecule has 0 fully saturated rings. The van der Waals surface area contributed by atoms with Crippen molar-refractivity contribution >= 4 is 11.6 Å².